The average Bonchev–Trinajstić information content (AvgIpc) is 2.45. The molecule has 1 aromatic heterocycles. The number of anilines is 1. The number of hydrogen-bond donors (Lipinski definition) is 1. The van der Waals surface area contributed by atoms with Gasteiger partial charge in [-0.3, -0.25) is 14.8 Å². The standard InChI is InChI=1S/C13H12ClN3O4S/c14-11-5-7-15-13(9-11)16-22(20,21)8-6-10-3-1-2-4-12(10)17(18)19/h1-5,7,9H,6,8H2,(H,15,16). The van der Waals surface area contributed by atoms with E-state index in [2.05, 4.69) is 9.71 Å². The second kappa shape index (κ2) is 6.71. The zero-order valence-electron chi connectivity index (χ0n) is 11.3. The summed E-state index contributed by atoms with van der Waals surface area (Å²) in [7, 11) is -3.69. The first-order valence-electron chi connectivity index (χ1n) is 6.22. The summed E-state index contributed by atoms with van der Waals surface area (Å²) in [5, 5.41) is 11.2. The summed E-state index contributed by atoms with van der Waals surface area (Å²) >= 11 is 5.75. The minimum Gasteiger partial charge on any atom is -0.267 e. The molecule has 2 rings (SSSR count). The van der Waals surface area contributed by atoms with Crippen LogP contribution in [0.25, 0.3) is 0 Å². The largest absolute Gasteiger partial charge is 0.272 e. The first kappa shape index (κ1) is 16.2. The van der Waals surface area contributed by atoms with Gasteiger partial charge in [0.05, 0.1) is 10.7 Å². The third kappa shape index (κ3) is 4.40. The Labute approximate surface area is 132 Å². The molecular weight excluding hydrogens is 330 g/mol. The van der Waals surface area contributed by atoms with Crippen LogP contribution in [0.5, 0.6) is 0 Å². The number of para-hydroxylation sites is 1. The summed E-state index contributed by atoms with van der Waals surface area (Å²) in [5.74, 6) is -0.193. The van der Waals surface area contributed by atoms with Gasteiger partial charge >= 0.3 is 0 Å². The van der Waals surface area contributed by atoms with Crippen LogP contribution in [0.15, 0.2) is 42.6 Å². The summed E-state index contributed by atoms with van der Waals surface area (Å²) in [6, 6.07) is 8.93. The molecule has 0 aliphatic rings. The lowest BCUT2D eigenvalue weighted by atomic mass is 10.1. The number of aromatic nitrogens is 1. The van der Waals surface area contributed by atoms with Gasteiger partial charge in [-0.15, -0.1) is 0 Å². The van der Waals surface area contributed by atoms with Crippen molar-refractivity contribution >= 4 is 33.1 Å². The van der Waals surface area contributed by atoms with Gasteiger partial charge in [0.25, 0.3) is 5.69 Å². The van der Waals surface area contributed by atoms with E-state index in [-0.39, 0.29) is 23.7 Å². The van der Waals surface area contributed by atoms with Crippen LogP contribution in [0, 0.1) is 10.1 Å². The number of nitro benzene ring substituents is 1. The molecule has 0 aliphatic carbocycles. The van der Waals surface area contributed by atoms with Gasteiger partial charge in [-0.1, -0.05) is 29.8 Å². The predicted octanol–water partition coefficient (Wildman–Crippen LogP) is 2.63. The van der Waals surface area contributed by atoms with E-state index in [1.807, 2.05) is 0 Å². The van der Waals surface area contributed by atoms with Crippen molar-refractivity contribution in [2.24, 2.45) is 0 Å². The number of sulfonamides is 1. The minimum absolute atomic E-state index is 0.0209. The van der Waals surface area contributed by atoms with Gasteiger partial charge in [-0.05, 0) is 12.5 Å². The van der Waals surface area contributed by atoms with Crippen LogP contribution >= 0.6 is 11.6 Å². The molecule has 1 aromatic carbocycles. The van der Waals surface area contributed by atoms with Crippen LogP contribution in [0.1, 0.15) is 5.56 Å². The van der Waals surface area contributed by atoms with Gasteiger partial charge < -0.3 is 0 Å². The maximum Gasteiger partial charge on any atom is 0.272 e. The Kier molecular flexibility index (Phi) is 4.94. The summed E-state index contributed by atoms with van der Waals surface area (Å²) in [6.07, 6.45) is 1.40. The lowest BCUT2D eigenvalue weighted by molar-refractivity contribution is -0.385. The number of aryl methyl sites for hydroxylation is 1. The van der Waals surface area contributed by atoms with Gasteiger partial charge in [0.1, 0.15) is 5.82 Å². The Morgan fingerprint density at radius 3 is 2.68 bits per heavy atom. The Morgan fingerprint density at radius 2 is 2.00 bits per heavy atom. The number of pyridine rings is 1. The highest BCUT2D eigenvalue weighted by atomic mass is 35.5. The van der Waals surface area contributed by atoms with Gasteiger partial charge in [-0.2, -0.15) is 0 Å². The van der Waals surface area contributed by atoms with Gasteiger partial charge in [-0.25, -0.2) is 13.4 Å². The Bertz CT molecular complexity index is 795. The molecule has 0 radical (unpaired) electrons. The molecule has 0 atom stereocenters. The summed E-state index contributed by atoms with van der Waals surface area (Å²) in [5.41, 5.74) is 0.260. The van der Waals surface area contributed by atoms with E-state index in [1.165, 1.54) is 36.5 Å². The second-order valence-electron chi connectivity index (χ2n) is 4.42. The molecule has 0 saturated carbocycles. The van der Waals surface area contributed by atoms with E-state index in [4.69, 9.17) is 11.6 Å². The maximum absolute atomic E-state index is 12.0. The van der Waals surface area contributed by atoms with E-state index in [0.717, 1.165) is 0 Å². The fourth-order valence-electron chi connectivity index (χ4n) is 1.82. The third-order valence-corrected chi connectivity index (χ3v) is 4.31. The van der Waals surface area contributed by atoms with E-state index in [0.29, 0.717) is 10.6 Å². The fourth-order valence-corrected chi connectivity index (χ4v) is 3.00. The Morgan fingerprint density at radius 1 is 1.27 bits per heavy atom. The number of benzene rings is 1. The SMILES string of the molecule is O=[N+]([O-])c1ccccc1CCS(=O)(=O)Nc1cc(Cl)ccn1. The normalized spacial score (nSPS) is 11.1. The molecule has 1 heterocycles. The average molecular weight is 342 g/mol. The smallest absolute Gasteiger partial charge is 0.267 e. The van der Waals surface area contributed by atoms with E-state index >= 15 is 0 Å². The predicted molar refractivity (Wildman–Crippen MR) is 83.5 cm³/mol. The molecule has 0 amide bonds. The highest BCUT2D eigenvalue weighted by molar-refractivity contribution is 7.92. The zero-order chi connectivity index (χ0) is 16.2. The number of halogens is 1. The molecule has 22 heavy (non-hydrogen) atoms. The first-order chi connectivity index (χ1) is 10.4. The molecule has 0 unspecified atom stereocenters. The van der Waals surface area contributed by atoms with Crippen molar-refractivity contribution in [3.8, 4) is 0 Å². The quantitative estimate of drug-likeness (QED) is 0.642. The van der Waals surface area contributed by atoms with Gasteiger partial charge in [0.15, 0.2) is 0 Å². The Balaban J connectivity index is 2.09. The van der Waals surface area contributed by atoms with Crippen molar-refractivity contribution in [2.45, 2.75) is 6.42 Å². The molecule has 0 saturated heterocycles. The van der Waals surface area contributed by atoms with Crippen LogP contribution in [-0.4, -0.2) is 24.1 Å². The molecule has 0 bridgehead atoms. The Hall–Kier alpha value is -2.19. The highest BCUT2D eigenvalue weighted by Gasteiger charge is 2.17. The molecule has 7 nitrogen and oxygen atoms in total. The molecule has 0 fully saturated rings. The van der Waals surface area contributed by atoms with Crippen molar-refractivity contribution in [1.29, 1.82) is 0 Å². The maximum atomic E-state index is 12.0. The van der Waals surface area contributed by atoms with Crippen molar-refractivity contribution in [3.05, 3.63) is 63.3 Å². The topological polar surface area (TPSA) is 102 Å². The monoisotopic (exact) mass is 341 g/mol. The molecule has 2 aromatic rings. The highest BCUT2D eigenvalue weighted by Crippen LogP contribution is 2.19. The van der Waals surface area contributed by atoms with Crippen LogP contribution in [-0.2, 0) is 16.4 Å². The lowest BCUT2D eigenvalue weighted by Gasteiger charge is -2.07. The first-order valence-corrected chi connectivity index (χ1v) is 8.25. The van der Waals surface area contributed by atoms with Crippen molar-refractivity contribution in [1.82, 2.24) is 4.98 Å². The van der Waals surface area contributed by atoms with Crippen molar-refractivity contribution in [3.63, 3.8) is 0 Å². The number of nitro groups is 1. The minimum atomic E-state index is -3.69. The molecule has 116 valence electrons. The molecule has 1 N–H and O–H groups in total. The molecule has 9 heteroatoms. The molecule has 0 aliphatic heterocycles. The molecular formula is C13H12ClN3O4S. The van der Waals surface area contributed by atoms with Crippen molar-refractivity contribution in [2.75, 3.05) is 10.5 Å². The number of hydrogen-bond acceptors (Lipinski definition) is 5. The van der Waals surface area contributed by atoms with E-state index in [9.17, 15) is 18.5 Å². The number of nitrogens with one attached hydrogen (secondary N) is 1. The fraction of sp³-hybridized carbons (Fsp3) is 0.154. The van der Waals surface area contributed by atoms with Crippen LogP contribution < -0.4 is 4.72 Å². The summed E-state index contributed by atoms with van der Waals surface area (Å²) < 4.78 is 26.3. The van der Waals surface area contributed by atoms with Gasteiger partial charge in [0, 0.05) is 28.9 Å². The zero-order valence-corrected chi connectivity index (χ0v) is 12.8. The molecule has 0 spiro atoms. The number of rotatable bonds is 6. The van der Waals surface area contributed by atoms with Crippen LogP contribution in [0.2, 0.25) is 5.02 Å². The summed E-state index contributed by atoms with van der Waals surface area (Å²) in [6.45, 7) is 0. The third-order valence-electron chi connectivity index (χ3n) is 2.81. The van der Waals surface area contributed by atoms with Crippen molar-refractivity contribution < 1.29 is 13.3 Å². The van der Waals surface area contributed by atoms with Gasteiger partial charge in [0.2, 0.25) is 10.0 Å². The van der Waals surface area contributed by atoms with E-state index in [1.54, 1.807) is 6.07 Å². The number of nitrogens with zero attached hydrogens (tertiary/aromatic N) is 2. The van der Waals surface area contributed by atoms with E-state index < -0.39 is 14.9 Å². The second-order valence-corrected chi connectivity index (χ2v) is 6.69. The van der Waals surface area contributed by atoms with Crippen LogP contribution in [0.4, 0.5) is 11.5 Å². The lowest BCUT2D eigenvalue weighted by Crippen LogP contribution is -2.19. The van der Waals surface area contributed by atoms with Crippen LogP contribution in [0.3, 0.4) is 0 Å². The summed E-state index contributed by atoms with van der Waals surface area (Å²) in [4.78, 5) is 14.2.